The average Bonchev–Trinajstić information content (AvgIpc) is 2.42. The molecule has 2 N–H and O–H groups in total. The standard InChI is InChI=1S/C15H25N3O2.2ClH/c1-18(2)12-14-7-5-4-6-13(14)10-17-15(19)11-16-8-9-20-3;;/h4-7,16H,8-12H2,1-3H3,(H,17,19);2*1H. The van der Waals surface area contributed by atoms with Crippen LogP contribution in [0, 0.1) is 0 Å². The second kappa shape index (κ2) is 13.8. The zero-order chi connectivity index (χ0) is 14.8. The first-order valence-corrected chi connectivity index (χ1v) is 6.81. The minimum absolute atomic E-state index is 0. The molecule has 128 valence electrons. The van der Waals surface area contributed by atoms with E-state index in [0.29, 0.717) is 26.2 Å². The van der Waals surface area contributed by atoms with Crippen molar-refractivity contribution in [3.63, 3.8) is 0 Å². The summed E-state index contributed by atoms with van der Waals surface area (Å²) in [5, 5.41) is 5.95. The third kappa shape index (κ3) is 9.97. The van der Waals surface area contributed by atoms with E-state index in [2.05, 4.69) is 27.7 Å². The molecule has 0 atom stereocenters. The van der Waals surface area contributed by atoms with Gasteiger partial charge in [0.2, 0.25) is 5.91 Å². The zero-order valence-corrected chi connectivity index (χ0v) is 15.1. The van der Waals surface area contributed by atoms with Gasteiger partial charge in [-0.2, -0.15) is 0 Å². The number of nitrogens with one attached hydrogen (secondary N) is 2. The van der Waals surface area contributed by atoms with Crippen molar-refractivity contribution >= 4 is 30.7 Å². The Morgan fingerprint density at radius 3 is 2.41 bits per heavy atom. The van der Waals surface area contributed by atoms with Crippen molar-refractivity contribution in [3.8, 4) is 0 Å². The van der Waals surface area contributed by atoms with Crippen LogP contribution < -0.4 is 10.6 Å². The Morgan fingerprint density at radius 1 is 1.18 bits per heavy atom. The van der Waals surface area contributed by atoms with Crippen molar-refractivity contribution in [3.05, 3.63) is 35.4 Å². The van der Waals surface area contributed by atoms with Gasteiger partial charge in [-0.05, 0) is 25.2 Å². The fourth-order valence-corrected chi connectivity index (χ4v) is 1.86. The van der Waals surface area contributed by atoms with E-state index in [4.69, 9.17) is 4.74 Å². The summed E-state index contributed by atoms with van der Waals surface area (Å²) in [7, 11) is 5.72. The van der Waals surface area contributed by atoms with Crippen molar-refractivity contribution in [2.45, 2.75) is 13.1 Å². The number of carbonyl (C=O) groups is 1. The summed E-state index contributed by atoms with van der Waals surface area (Å²) in [6.07, 6.45) is 0. The third-order valence-electron chi connectivity index (χ3n) is 2.85. The van der Waals surface area contributed by atoms with E-state index in [9.17, 15) is 4.79 Å². The molecule has 1 amide bonds. The molecule has 0 aliphatic heterocycles. The maximum absolute atomic E-state index is 11.7. The van der Waals surface area contributed by atoms with Crippen molar-refractivity contribution in [1.29, 1.82) is 0 Å². The minimum Gasteiger partial charge on any atom is -0.383 e. The van der Waals surface area contributed by atoms with Gasteiger partial charge in [-0.15, -0.1) is 24.8 Å². The fourth-order valence-electron chi connectivity index (χ4n) is 1.86. The number of hydrogen-bond donors (Lipinski definition) is 2. The lowest BCUT2D eigenvalue weighted by atomic mass is 10.1. The van der Waals surface area contributed by atoms with Crippen LogP contribution in [0.4, 0.5) is 0 Å². The first-order valence-electron chi connectivity index (χ1n) is 6.81. The Morgan fingerprint density at radius 2 is 1.82 bits per heavy atom. The smallest absolute Gasteiger partial charge is 0.234 e. The molecule has 0 aliphatic rings. The molecule has 1 aromatic rings. The Kier molecular flexibility index (Phi) is 14.7. The lowest BCUT2D eigenvalue weighted by Gasteiger charge is -2.14. The average molecular weight is 352 g/mol. The van der Waals surface area contributed by atoms with E-state index >= 15 is 0 Å². The Labute approximate surface area is 145 Å². The first-order chi connectivity index (χ1) is 9.63. The maximum atomic E-state index is 11.7. The van der Waals surface area contributed by atoms with Crippen LogP contribution in [-0.4, -0.2) is 51.7 Å². The second-order valence-corrected chi connectivity index (χ2v) is 4.95. The van der Waals surface area contributed by atoms with E-state index in [1.54, 1.807) is 7.11 Å². The van der Waals surface area contributed by atoms with Gasteiger partial charge in [0, 0.05) is 26.7 Å². The zero-order valence-electron chi connectivity index (χ0n) is 13.4. The van der Waals surface area contributed by atoms with Gasteiger partial charge in [-0.1, -0.05) is 24.3 Å². The largest absolute Gasteiger partial charge is 0.383 e. The molecule has 0 aliphatic carbocycles. The molecule has 0 radical (unpaired) electrons. The first kappa shape index (κ1) is 23.4. The SMILES string of the molecule is COCCNCC(=O)NCc1ccccc1CN(C)C.Cl.Cl. The molecule has 1 aromatic carbocycles. The van der Waals surface area contributed by atoms with Crippen LogP contribution >= 0.6 is 24.8 Å². The van der Waals surface area contributed by atoms with Crippen molar-refractivity contribution in [2.75, 3.05) is 40.9 Å². The number of hydrogen-bond acceptors (Lipinski definition) is 4. The van der Waals surface area contributed by atoms with Gasteiger partial charge in [0.05, 0.1) is 13.2 Å². The molecular formula is C15H27Cl2N3O2. The van der Waals surface area contributed by atoms with E-state index in [1.807, 2.05) is 26.2 Å². The van der Waals surface area contributed by atoms with Crippen molar-refractivity contribution < 1.29 is 9.53 Å². The highest BCUT2D eigenvalue weighted by molar-refractivity contribution is 5.85. The second-order valence-electron chi connectivity index (χ2n) is 4.95. The Hall–Kier alpha value is -0.850. The van der Waals surface area contributed by atoms with E-state index in [0.717, 1.165) is 12.1 Å². The predicted octanol–water partition coefficient (Wildman–Crippen LogP) is 1.44. The number of methoxy groups -OCH3 is 1. The van der Waals surface area contributed by atoms with Crippen molar-refractivity contribution in [2.24, 2.45) is 0 Å². The summed E-state index contributed by atoms with van der Waals surface area (Å²) < 4.78 is 4.91. The van der Waals surface area contributed by atoms with Crippen LogP contribution in [-0.2, 0) is 22.6 Å². The van der Waals surface area contributed by atoms with Crippen molar-refractivity contribution in [1.82, 2.24) is 15.5 Å². The molecule has 0 fully saturated rings. The Bertz CT molecular complexity index is 418. The van der Waals surface area contributed by atoms with Crippen LogP contribution in [0.1, 0.15) is 11.1 Å². The molecule has 0 saturated heterocycles. The molecule has 1 rings (SSSR count). The lowest BCUT2D eigenvalue weighted by Crippen LogP contribution is -2.35. The quantitative estimate of drug-likeness (QED) is 0.661. The van der Waals surface area contributed by atoms with Crippen LogP contribution in [0.5, 0.6) is 0 Å². The highest BCUT2D eigenvalue weighted by Gasteiger charge is 2.05. The topological polar surface area (TPSA) is 53.6 Å². The van der Waals surface area contributed by atoms with Crippen LogP contribution in [0.3, 0.4) is 0 Å². The maximum Gasteiger partial charge on any atom is 0.234 e. The van der Waals surface area contributed by atoms with Gasteiger partial charge in [-0.3, -0.25) is 4.79 Å². The number of carbonyl (C=O) groups excluding carboxylic acids is 1. The summed E-state index contributed by atoms with van der Waals surface area (Å²) >= 11 is 0. The molecule has 0 saturated carbocycles. The molecule has 0 bridgehead atoms. The molecule has 0 aromatic heterocycles. The fraction of sp³-hybridized carbons (Fsp3) is 0.533. The number of halogens is 2. The molecule has 0 spiro atoms. The Balaban J connectivity index is 0. The van der Waals surface area contributed by atoms with Gasteiger partial charge in [0.1, 0.15) is 0 Å². The molecule has 5 nitrogen and oxygen atoms in total. The van der Waals surface area contributed by atoms with Gasteiger partial charge in [0.25, 0.3) is 0 Å². The van der Waals surface area contributed by atoms with Crippen LogP contribution in [0.2, 0.25) is 0 Å². The highest BCUT2D eigenvalue weighted by atomic mass is 35.5. The van der Waals surface area contributed by atoms with Gasteiger partial charge in [0.15, 0.2) is 0 Å². The number of nitrogens with zero attached hydrogens (tertiary/aromatic N) is 1. The van der Waals surface area contributed by atoms with Crippen LogP contribution in [0.25, 0.3) is 0 Å². The summed E-state index contributed by atoms with van der Waals surface area (Å²) in [5.74, 6) is 0.000703. The summed E-state index contributed by atoms with van der Waals surface area (Å²) in [5.41, 5.74) is 2.40. The summed E-state index contributed by atoms with van der Waals surface area (Å²) in [6.45, 7) is 3.05. The van der Waals surface area contributed by atoms with Gasteiger partial charge < -0.3 is 20.3 Å². The van der Waals surface area contributed by atoms with Gasteiger partial charge in [-0.25, -0.2) is 0 Å². The number of amides is 1. The number of ether oxygens (including phenoxy) is 1. The van der Waals surface area contributed by atoms with E-state index in [1.165, 1.54) is 5.56 Å². The number of benzene rings is 1. The van der Waals surface area contributed by atoms with Crippen LogP contribution in [0.15, 0.2) is 24.3 Å². The molecule has 0 heterocycles. The minimum atomic E-state index is 0. The normalized spacial score (nSPS) is 9.82. The molecule has 0 unspecified atom stereocenters. The third-order valence-corrected chi connectivity index (χ3v) is 2.85. The highest BCUT2D eigenvalue weighted by Crippen LogP contribution is 2.10. The van der Waals surface area contributed by atoms with Gasteiger partial charge >= 0.3 is 0 Å². The molecule has 22 heavy (non-hydrogen) atoms. The van der Waals surface area contributed by atoms with E-state index in [-0.39, 0.29) is 30.7 Å². The predicted molar refractivity (Wildman–Crippen MR) is 94.9 cm³/mol. The summed E-state index contributed by atoms with van der Waals surface area (Å²) in [6, 6.07) is 8.17. The number of rotatable bonds is 9. The summed E-state index contributed by atoms with van der Waals surface area (Å²) in [4.78, 5) is 13.8. The van der Waals surface area contributed by atoms with E-state index < -0.39 is 0 Å². The lowest BCUT2D eigenvalue weighted by molar-refractivity contribution is -0.120. The monoisotopic (exact) mass is 351 g/mol. The molecule has 7 heteroatoms. The molecular weight excluding hydrogens is 325 g/mol.